The number of nitrogens with zero attached hydrogens (tertiary/aromatic N) is 3. The van der Waals surface area contributed by atoms with Crippen LogP contribution < -0.4 is 4.74 Å². The van der Waals surface area contributed by atoms with Gasteiger partial charge in [-0.1, -0.05) is 42.5 Å². The second-order valence-electron chi connectivity index (χ2n) is 7.60. The number of hydrogen-bond donors (Lipinski definition) is 0. The molecule has 0 bridgehead atoms. The van der Waals surface area contributed by atoms with E-state index < -0.39 is 0 Å². The maximum absolute atomic E-state index is 5.62. The first-order valence-corrected chi connectivity index (χ1v) is 10.9. The highest BCUT2D eigenvalue weighted by atomic mass is 32.1. The molecular weight excluding hydrogens is 366 g/mol. The van der Waals surface area contributed by atoms with Crippen molar-refractivity contribution in [2.45, 2.75) is 19.5 Å². The number of fused-ring (bicyclic) bond motifs is 1. The van der Waals surface area contributed by atoms with Crippen molar-refractivity contribution in [1.82, 2.24) is 14.8 Å². The largest absolute Gasteiger partial charge is 0.493 e. The number of hydrogen-bond acceptors (Lipinski definition) is 5. The average Bonchev–Trinajstić information content (AvgIpc) is 3.39. The number of ether oxygens (including phenoxy) is 1. The van der Waals surface area contributed by atoms with Crippen LogP contribution in [0.25, 0.3) is 10.6 Å². The first kappa shape index (κ1) is 17.9. The standard InChI is InChI=1S/C23H25N3OS/c1-2-4-19(5-3-1)23-24-21(17-28-23)16-26-11-9-25(10-12-26)15-18-6-7-22-20(14-18)8-13-27-22/h1-7,14,17H,8-13,15-16H2. The summed E-state index contributed by atoms with van der Waals surface area (Å²) in [5.41, 5.74) is 5.18. The maximum atomic E-state index is 5.62. The van der Waals surface area contributed by atoms with Crippen molar-refractivity contribution in [3.05, 3.63) is 70.7 Å². The van der Waals surface area contributed by atoms with Gasteiger partial charge in [-0.3, -0.25) is 9.80 Å². The summed E-state index contributed by atoms with van der Waals surface area (Å²) in [5.74, 6) is 1.08. The van der Waals surface area contributed by atoms with Crippen LogP contribution in [0.2, 0.25) is 0 Å². The molecule has 0 atom stereocenters. The van der Waals surface area contributed by atoms with Gasteiger partial charge in [-0.25, -0.2) is 4.98 Å². The van der Waals surface area contributed by atoms with Crippen molar-refractivity contribution >= 4 is 11.3 Å². The second kappa shape index (κ2) is 8.03. The van der Waals surface area contributed by atoms with Gasteiger partial charge in [0.1, 0.15) is 10.8 Å². The van der Waals surface area contributed by atoms with E-state index in [1.165, 1.54) is 22.4 Å². The molecule has 0 aliphatic carbocycles. The molecule has 4 nitrogen and oxygen atoms in total. The smallest absolute Gasteiger partial charge is 0.123 e. The van der Waals surface area contributed by atoms with E-state index in [0.29, 0.717) is 0 Å². The molecule has 5 rings (SSSR count). The van der Waals surface area contributed by atoms with E-state index >= 15 is 0 Å². The summed E-state index contributed by atoms with van der Waals surface area (Å²) >= 11 is 1.74. The summed E-state index contributed by atoms with van der Waals surface area (Å²) < 4.78 is 5.62. The number of aromatic nitrogens is 1. The maximum Gasteiger partial charge on any atom is 0.123 e. The lowest BCUT2D eigenvalue weighted by Crippen LogP contribution is -2.45. The third kappa shape index (κ3) is 3.97. The Kier molecular flexibility index (Phi) is 5.12. The summed E-state index contributed by atoms with van der Waals surface area (Å²) in [5, 5.41) is 3.33. The van der Waals surface area contributed by atoms with Crippen molar-refractivity contribution in [3.8, 4) is 16.3 Å². The molecule has 3 aromatic rings. The summed E-state index contributed by atoms with van der Waals surface area (Å²) in [6, 6.07) is 17.1. The zero-order valence-electron chi connectivity index (χ0n) is 16.0. The Morgan fingerprint density at radius 2 is 1.71 bits per heavy atom. The SMILES string of the molecule is c1ccc(-c2nc(CN3CCN(Cc4ccc5c(c4)CCO5)CC3)cs2)cc1. The van der Waals surface area contributed by atoms with Crippen LogP contribution in [0, 0.1) is 0 Å². The Bertz CT molecular complexity index is 932. The van der Waals surface area contributed by atoms with Crippen LogP contribution in [-0.2, 0) is 19.5 Å². The van der Waals surface area contributed by atoms with Crippen LogP contribution in [0.1, 0.15) is 16.8 Å². The summed E-state index contributed by atoms with van der Waals surface area (Å²) in [6.07, 6.45) is 1.05. The van der Waals surface area contributed by atoms with Crippen molar-refractivity contribution in [3.63, 3.8) is 0 Å². The molecule has 1 saturated heterocycles. The lowest BCUT2D eigenvalue weighted by atomic mass is 10.1. The van der Waals surface area contributed by atoms with Crippen LogP contribution >= 0.6 is 11.3 Å². The molecule has 0 amide bonds. The van der Waals surface area contributed by atoms with Gasteiger partial charge in [0.05, 0.1) is 12.3 Å². The molecule has 2 aliphatic rings. The fourth-order valence-electron chi connectivity index (χ4n) is 4.02. The number of thiazole rings is 1. The molecule has 28 heavy (non-hydrogen) atoms. The second-order valence-corrected chi connectivity index (χ2v) is 8.46. The highest BCUT2D eigenvalue weighted by Gasteiger charge is 2.19. The third-order valence-electron chi connectivity index (χ3n) is 5.58. The Hall–Kier alpha value is -2.21. The van der Waals surface area contributed by atoms with E-state index in [0.717, 1.165) is 63.1 Å². The highest BCUT2D eigenvalue weighted by molar-refractivity contribution is 7.13. The minimum atomic E-state index is 0.833. The first-order valence-electron chi connectivity index (χ1n) is 10.0. The molecule has 0 spiro atoms. The van der Waals surface area contributed by atoms with Crippen LogP contribution in [0.4, 0.5) is 0 Å². The van der Waals surface area contributed by atoms with Crippen molar-refractivity contribution in [2.75, 3.05) is 32.8 Å². The third-order valence-corrected chi connectivity index (χ3v) is 6.52. The van der Waals surface area contributed by atoms with Crippen LogP contribution in [-0.4, -0.2) is 47.6 Å². The summed E-state index contributed by atoms with van der Waals surface area (Å²) in [6.45, 7) is 7.26. The van der Waals surface area contributed by atoms with Gasteiger partial charge in [0.15, 0.2) is 0 Å². The molecule has 0 N–H and O–H groups in total. The van der Waals surface area contributed by atoms with Gasteiger partial charge in [-0.15, -0.1) is 11.3 Å². The lowest BCUT2D eigenvalue weighted by molar-refractivity contribution is 0.121. The molecule has 2 aromatic carbocycles. The minimum Gasteiger partial charge on any atom is -0.493 e. The van der Waals surface area contributed by atoms with Gasteiger partial charge < -0.3 is 4.74 Å². The lowest BCUT2D eigenvalue weighted by Gasteiger charge is -2.34. The van der Waals surface area contributed by atoms with E-state index in [4.69, 9.17) is 9.72 Å². The fourth-order valence-corrected chi connectivity index (χ4v) is 4.84. The van der Waals surface area contributed by atoms with E-state index in [9.17, 15) is 0 Å². The topological polar surface area (TPSA) is 28.6 Å². The molecule has 1 aromatic heterocycles. The first-order chi connectivity index (χ1) is 13.8. The normalized spacial score (nSPS) is 17.4. The van der Waals surface area contributed by atoms with Gasteiger partial charge >= 0.3 is 0 Å². The van der Waals surface area contributed by atoms with E-state index in [1.807, 2.05) is 6.07 Å². The molecule has 2 aliphatic heterocycles. The molecule has 1 fully saturated rings. The summed E-state index contributed by atoms with van der Waals surface area (Å²) in [7, 11) is 0. The molecule has 144 valence electrons. The minimum absolute atomic E-state index is 0.833. The number of piperazine rings is 1. The highest BCUT2D eigenvalue weighted by Crippen LogP contribution is 2.27. The fraction of sp³-hybridized carbons (Fsp3) is 0.348. The Morgan fingerprint density at radius 1 is 0.929 bits per heavy atom. The number of benzene rings is 2. The van der Waals surface area contributed by atoms with Gasteiger partial charge in [-0.05, 0) is 17.2 Å². The van der Waals surface area contributed by atoms with E-state index in [2.05, 4.69) is 57.6 Å². The zero-order valence-corrected chi connectivity index (χ0v) is 16.8. The van der Waals surface area contributed by atoms with Crippen molar-refractivity contribution in [2.24, 2.45) is 0 Å². The Labute approximate surface area is 170 Å². The predicted molar refractivity (Wildman–Crippen MR) is 114 cm³/mol. The van der Waals surface area contributed by atoms with Crippen molar-refractivity contribution in [1.29, 1.82) is 0 Å². The van der Waals surface area contributed by atoms with Gasteiger partial charge in [0.2, 0.25) is 0 Å². The molecule has 0 radical (unpaired) electrons. The monoisotopic (exact) mass is 391 g/mol. The van der Waals surface area contributed by atoms with Gasteiger partial charge in [0.25, 0.3) is 0 Å². The average molecular weight is 392 g/mol. The van der Waals surface area contributed by atoms with Crippen LogP contribution in [0.15, 0.2) is 53.9 Å². The van der Waals surface area contributed by atoms with Crippen molar-refractivity contribution < 1.29 is 4.74 Å². The molecule has 0 saturated carbocycles. The summed E-state index contributed by atoms with van der Waals surface area (Å²) in [4.78, 5) is 9.93. The Balaban J connectivity index is 1.14. The molecule has 0 unspecified atom stereocenters. The van der Waals surface area contributed by atoms with E-state index in [-0.39, 0.29) is 0 Å². The van der Waals surface area contributed by atoms with E-state index in [1.54, 1.807) is 11.3 Å². The van der Waals surface area contributed by atoms with Crippen LogP contribution in [0.5, 0.6) is 5.75 Å². The van der Waals surface area contributed by atoms with Gasteiger partial charge in [-0.2, -0.15) is 0 Å². The van der Waals surface area contributed by atoms with Gasteiger partial charge in [0, 0.05) is 56.6 Å². The zero-order chi connectivity index (χ0) is 18.8. The molecule has 3 heterocycles. The van der Waals surface area contributed by atoms with Crippen LogP contribution in [0.3, 0.4) is 0 Å². The predicted octanol–water partition coefficient (Wildman–Crippen LogP) is 4.06. The Morgan fingerprint density at radius 3 is 2.54 bits per heavy atom. The quantitative estimate of drug-likeness (QED) is 0.656. The molecular formula is C23H25N3OS. The number of rotatable bonds is 5. The molecule has 5 heteroatoms.